The summed E-state index contributed by atoms with van der Waals surface area (Å²) in [5, 5.41) is 11.9. The van der Waals surface area contributed by atoms with E-state index in [1.54, 1.807) is 0 Å². The summed E-state index contributed by atoms with van der Waals surface area (Å²) >= 11 is 0. The second-order valence-electron chi connectivity index (χ2n) is 3.73. The van der Waals surface area contributed by atoms with Crippen LogP contribution in [0.3, 0.4) is 0 Å². The summed E-state index contributed by atoms with van der Waals surface area (Å²) in [5.74, 6) is 0.0516. The molecule has 1 atom stereocenters. The van der Waals surface area contributed by atoms with E-state index in [-0.39, 0.29) is 5.92 Å². The van der Waals surface area contributed by atoms with Gasteiger partial charge in [0.15, 0.2) is 0 Å². The highest BCUT2D eigenvalue weighted by atomic mass is 14.9. The summed E-state index contributed by atoms with van der Waals surface area (Å²) in [6, 6.07) is 8.48. The fraction of sp³-hybridized carbons (Fsp3) is 0.417. The zero-order valence-electron chi connectivity index (χ0n) is 8.96. The van der Waals surface area contributed by atoms with Crippen molar-refractivity contribution >= 4 is 5.69 Å². The fourth-order valence-corrected chi connectivity index (χ4v) is 1.32. The van der Waals surface area contributed by atoms with E-state index < -0.39 is 0 Å². The molecule has 0 aliphatic carbocycles. The number of rotatable bonds is 3. The highest BCUT2D eigenvalue weighted by Crippen LogP contribution is 2.16. The Hall–Kier alpha value is -1.49. The number of benzene rings is 1. The van der Waals surface area contributed by atoms with Crippen LogP contribution in [0.5, 0.6) is 0 Å². The van der Waals surface area contributed by atoms with Crippen molar-refractivity contribution in [3.8, 4) is 6.07 Å². The smallest absolute Gasteiger partial charge is 0.0671 e. The molecule has 1 N–H and O–H groups in total. The van der Waals surface area contributed by atoms with E-state index in [0.29, 0.717) is 6.54 Å². The van der Waals surface area contributed by atoms with Crippen LogP contribution in [0.2, 0.25) is 0 Å². The van der Waals surface area contributed by atoms with Crippen LogP contribution in [-0.2, 0) is 0 Å². The van der Waals surface area contributed by atoms with Crippen molar-refractivity contribution in [3.05, 3.63) is 29.3 Å². The molecule has 1 rings (SSSR count). The lowest BCUT2D eigenvalue weighted by atomic mass is 10.1. The van der Waals surface area contributed by atoms with Gasteiger partial charge in [-0.1, -0.05) is 17.7 Å². The molecule has 0 saturated carbocycles. The zero-order valence-corrected chi connectivity index (χ0v) is 8.96. The molecule has 1 aromatic rings. The molecular weight excluding hydrogens is 172 g/mol. The molecule has 2 heteroatoms. The average Bonchev–Trinajstić information content (AvgIpc) is 2.16. The molecular formula is C12H16N2. The Bertz CT molecular complexity index is 350. The van der Waals surface area contributed by atoms with E-state index in [2.05, 4.69) is 43.4 Å². The van der Waals surface area contributed by atoms with E-state index in [0.717, 1.165) is 5.69 Å². The lowest BCUT2D eigenvalue weighted by Gasteiger charge is -2.10. The Morgan fingerprint density at radius 1 is 1.43 bits per heavy atom. The van der Waals surface area contributed by atoms with Gasteiger partial charge in [0, 0.05) is 12.2 Å². The van der Waals surface area contributed by atoms with E-state index >= 15 is 0 Å². The molecule has 0 bridgehead atoms. The van der Waals surface area contributed by atoms with Gasteiger partial charge in [-0.2, -0.15) is 5.26 Å². The van der Waals surface area contributed by atoms with Crippen LogP contribution in [0.1, 0.15) is 18.1 Å². The molecule has 0 heterocycles. The van der Waals surface area contributed by atoms with Crippen molar-refractivity contribution in [2.45, 2.75) is 20.8 Å². The second kappa shape index (κ2) is 4.66. The minimum atomic E-state index is 0.0516. The molecule has 0 radical (unpaired) electrons. The third-order valence-corrected chi connectivity index (χ3v) is 2.20. The van der Waals surface area contributed by atoms with Gasteiger partial charge in [0.25, 0.3) is 0 Å². The van der Waals surface area contributed by atoms with Gasteiger partial charge in [0.1, 0.15) is 0 Å². The van der Waals surface area contributed by atoms with Gasteiger partial charge >= 0.3 is 0 Å². The maximum atomic E-state index is 8.64. The first-order valence-electron chi connectivity index (χ1n) is 4.84. The summed E-state index contributed by atoms with van der Waals surface area (Å²) in [4.78, 5) is 0. The number of nitrogens with one attached hydrogen (secondary N) is 1. The van der Waals surface area contributed by atoms with Crippen molar-refractivity contribution in [3.63, 3.8) is 0 Å². The molecule has 74 valence electrons. The van der Waals surface area contributed by atoms with Crippen molar-refractivity contribution in [1.82, 2.24) is 0 Å². The minimum Gasteiger partial charge on any atom is -0.384 e. The Morgan fingerprint density at radius 2 is 2.14 bits per heavy atom. The lowest BCUT2D eigenvalue weighted by molar-refractivity contribution is 0.785. The number of hydrogen-bond acceptors (Lipinski definition) is 2. The van der Waals surface area contributed by atoms with Gasteiger partial charge in [-0.25, -0.2) is 0 Å². The predicted octanol–water partition coefficient (Wildman–Crippen LogP) is 2.88. The highest BCUT2D eigenvalue weighted by molar-refractivity contribution is 5.51. The molecule has 0 amide bonds. The first-order valence-corrected chi connectivity index (χ1v) is 4.84. The standard InChI is InChI=1S/C12H16N2/c1-9-4-5-12(11(3)6-9)14-8-10(2)7-13/h4-6,10,14H,8H2,1-3H3. The van der Waals surface area contributed by atoms with Crippen LogP contribution in [-0.4, -0.2) is 6.54 Å². The van der Waals surface area contributed by atoms with Gasteiger partial charge in [0.05, 0.1) is 12.0 Å². The SMILES string of the molecule is Cc1ccc(NCC(C)C#N)c(C)c1. The van der Waals surface area contributed by atoms with Gasteiger partial charge in [-0.3, -0.25) is 0 Å². The molecule has 1 aromatic carbocycles. The van der Waals surface area contributed by atoms with Crippen LogP contribution in [0.15, 0.2) is 18.2 Å². The molecule has 0 aliphatic heterocycles. The van der Waals surface area contributed by atoms with Gasteiger partial charge in [0.2, 0.25) is 0 Å². The van der Waals surface area contributed by atoms with Crippen LogP contribution < -0.4 is 5.32 Å². The van der Waals surface area contributed by atoms with Crippen molar-refractivity contribution in [2.24, 2.45) is 5.92 Å². The van der Waals surface area contributed by atoms with Crippen LogP contribution in [0, 0.1) is 31.1 Å². The summed E-state index contributed by atoms with van der Waals surface area (Å²) in [6.07, 6.45) is 0. The fourth-order valence-electron chi connectivity index (χ4n) is 1.32. The second-order valence-corrected chi connectivity index (χ2v) is 3.73. The maximum absolute atomic E-state index is 8.64. The number of anilines is 1. The molecule has 0 fully saturated rings. The molecule has 0 spiro atoms. The molecule has 0 aliphatic rings. The third kappa shape index (κ3) is 2.77. The summed E-state index contributed by atoms with van der Waals surface area (Å²) in [5.41, 5.74) is 3.62. The molecule has 0 aromatic heterocycles. The van der Waals surface area contributed by atoms with Crippen LogP contribution >= 0.6 is 0 Å². The topological polar surface area (TPSA) is 35.8 Å². The summed E-state index contributed by atoms with van der Waals surface area (Å²) < 4.78 is 0. The molecule has 2 nitrogen and oxygen atoms in total. The monoisotopic (exact) mass is 188 g/mol. The minimum absolute atomic E-state index is 0.0516. The summed E-state index contributed by atoms with van der Waals surface area (Å²) in [7, 11) is 0. The predicted molar refractivity (Wildman–Crippen MR) is 59.2 cm³/mol. The Kier molecular flexibility index (Phi) is 3.53. The normalized spacial score (nSPS) is 11.9. The molecule has 1 unspecified atom stereocenters. The average molecular weight is 188 g/mol. The van der Waals surface area contributed by atoms with Gasteiger partial charge in [-0.05, 0) is 32.4 Å². The zero-order chi connectivity index (χ0) is 10.6. The van der Waals surface area contributed by atoms with E-state index in [1.807, 2.05) is 6.92 Å². The molecule has 14 heavy (non-hydrogen) atoms. The van der Waals surface area contributed by atoms with E-state index in [9.17, 15) is 0 Å². The number of nitrogens with zero attached hydrogens (tertiary/aromatic N) is 1. The van der Waals surface area contributed by atoms with Gasteiger partial charge < -0.3 is 5.32 Å². The third-order valence-electron chi connectivity index (χ3n) is 2.20. The lowest BCUT2D eigenvalue weighted by Crippen LogP contribution is -2.10. The van der Waals surface area contributed by atoms with E-state index in [4.69, 9.17) is 5.26 Å². The maximum Gasteiger partial charge on any atom is 0.0671 e. The van der Waals surface area contributed by atoms with Gasteiger partial charge in [-0.15, -0.1) is 0 Å². The largest absolute Gasteiger partial charge is 0.384 e. The Labute approximate surface area is 85.6 Å². The number of aryl methyl sites for hydroxylation is 2. The first-order chi connectivity index (χ1) is 6.63. The van der Waals surface area contributed by atoms with Crippen LogP contribution in [0.25, 0.3) is 0 Å². The van der Waals surface area contributed by atoms with Crippen molar-refractivity contribution < 1.29 is 0 Å². The number of hydrogen-bond donors (Lipinski definition) is 1. The Morgan fingerprint density at radius 3 is 2.71 bits per heavy atom. The van der Waals surface area contributed by atoms with Crippen LogP contribution in [0.4, 0.5) is 5.69 Å². The highest BCUT2D eigenvalue weighted by Gasteiger charge is 2.01. The first kappa shape index (κ1) is 10.6. The van der Waals surface area contributed by atoms with E-state index in [1.165, 1.54) is 11.1 Å². The summed E-state index contributed by atoms with van der Waals surface area (Å²) in [6.45, 7) is 6.78. The van der Waals surface area contributed by atoms with Crippen molar-refractivity contribution in [1.29, 1.82) is 5.26 Å². The number of nitriles is 1. The van der Waals surface area contributed by atoms with Crippen molar-refractivity contribution in [2.75, 3.05) is 11.9 Å². The molecule has 0 saturated heterocycles. The quantitative estimate of drug-likeness (QED) is 0.791. The Balaban J connectivity index is 2.64.